The number of carbonyl (C=O) groups is 2. The predicted molar refractivity (Wildman–Crippen MR) is 79.2 cm³/mol. The van der Waals surface area contributed by atoms with Gasteiger partial charge in [-0.25, -0.2) is 4.79 Å². The summed E-state index contributed by atoms with van der Waals surface area (Å²) in [6, 6.07) is 9.15. The molecule has 0 bridgehead atoms. The summed E-state index contributed by atoms with van der Waals surface area (Å²) in [5.74, 6) is -0.288. The van der Waals surface area contributed by atoms with Gasteiger partial charge in [-0.2, -0.15) is 0 Å². The van der Waals surface area contributed by atoms with Crippen LogP contribution in [-0.2, 0) is 15.3 Å². The van der Waals surface area contributed by atoms with Crippen LogP contribution in [0.1, 0.15) is 18.4 Å². The maximum absolute atomic E-state index is 11.7. The Morgan fingerprint density at radius 3 is 2.75 bits per heavy atom. The van der Waals surface area contributed by atoms with Crippen LogP contribution in [0.4, 0.5) is 0 Å². The maximum atomic E-state index is 11.7. The van der Waals surface area contributed by atoms with E-state index in [1.165, 1.54) is 10.5 Å². The van der Waals surface area contributed by atoms with Gasteiger partial charge in [-0.15, -0.1) is 18.3 Å². The van der Waals surface area contributed by atoms with E-state index in [-0.39, 0.29) is 17.7 Å². The third-order valence-corrected chi connectivity index (χ3v) is 4.52. The molecule has 1 heterocycles. The summed E-state index contributed by atoms with van der Waals surface area (Å²) in [7, 11) is 0. The van der Waals surface area contributed by atoms with Crippen molar-refractivity contribution in [2.75, 3.05) is 0 Å². The van der Waals surface area contributed by atoms with E-state index >= 15 is 0 Å². The standard InChI is InChI=1S/C15H17NO3S/c1-2-6-12(15(18)19)16-13(17)9-14(16)20-10-11-7-4-3-5-8-11/h2-5,7-8,12,14H,1,6,9-10H2,(H,18,19). The Morgan fingerprint density at radius 1 is 1.50 bits per heavy atom. The van der Waals surface area contributed by atoms with Crippen LogP contribution in [0.25, 0.3) is 0 Å². The number of amides is 1. The largest absolute Gasteiger partial charge is 0.480 e. The molecule has 1 N–H and O–H groups in total. The number of nitrogens with zero attached hydrogens (tertiary/aromatic N) is 1. The second kappa shape index (κ2) is 6.61. The van der Waals surface area contributed by atoms with Gasteiger partial charge < -0.3 is 10.0 Å². The van der Waals surface area contributed by atoms with Crippen molar-refractivity contribution in [2.45, 2.75) is 30.0 Å². The first-order chi connectivity index (χ1) is 9.63. The van der Waals surface area contributed by atoms with Gasteiger partial charge in [0.2, 0.25) is 5.91 Å². The molecule has 2 rings (SSSR count). The average Bonchev–Trinajstić information content (AvgIpc) is 2.43. The summed E-state index contributed by atoms with van der Waals surface area (Å²) in [6.45, 7) is 3.56. The van der Waals surface area contributed by atoms with E-state index < -0.39 is 12.0 Å². The van der Waals surface area contributed by atoms with Gasteiger partial charge in [-0.05, 0) is 12.0 Å². The first-order valence-electron chi connectivity index (χ1n) is 6.44. The van der Waals surface area contributed by atoms with E-state index in [1.807, 2.05) is 30.3 Å². The van der Waals surface area contributed by atoms with Gasteiger partial charge in [0.1, 0.15) is 6.04 Å². The molecule has 1 amide bonds. The molecular weight excluding hydrogens is 274 g/mol. The van der Waals surface area contributed by atoms with E-state index in [1.54, 1.807) is 17.8 Å². The molecular formula is C15H17NO3S. The van der Waals surface area contributed by atoms with Gasteiger partial charge in [0, 0.05) is 5.75 Å². The third kappa shape index (κ3) is 3.22. The van der Waals surface area contributed by atoms with Crippen molar-refractivity contribution in [1.29, 1.82) is 0 Å². The predicted octanol–water partition coefficient (Wildman–Crippen LogP) is 2.51. The Bertz CT molecular complexity index is 503. The molecule has 1 fully saturated rings. The summed E-state index contributed by atoms with van der Waals surface area (Å²) in [5, 5.41) is 9.16. The number of carboxylic acids is 1. The number of hydrogen-bond donors (Lipinski definition) is 1. The zero-order valence-electron chi connectivity index (χ0n) is 11.1. The van der Waals surface area contributed by atoms with E-state index in [4.69, 9.17) is 0 Å². The fourth-order valence-corrected chi connectivity index (χ4v) is 3.44. The van der Waals surface area contributed by atoms with Crippen molar-refractivity contribution < 1.29 is 14.7 Å². The van der Waals surface area contributed by atoms with Gasteiger partial charge in [0.25, 0.3) is 0 Å². The van der Waals surface area contributed by atoms with Crippen LogP contribution in [0.2, 0.25) is 0 Å². The molecule has 20 heavy (non-hydrogen) atoms. The molecule has 0 aromatic heterocycles. The minimum Gasteiger partial charge on any atom is -0.480 e. The molecule has 2 unspecified atom stereocenters. The highest BCUT2D eigenvalue weighted by Gasteiger charge is 2.43. The lowest BCUT2D eigenvalue weighted by Crippen LogP contribution is -2.58. The molecule has 0 saturated carbocycles. The molecule has 1 aliphatic heterocycles. The molecule has 1 aliphatic rings. The van der Waals surface area contributed by atoms with Gasteiger partial charge >= 0.3 is 5.97 Å². The lowest BCUT2D eigenvalue weighted by Gasteiger charge is -2.43. The van der Waals surface area contributed by atoms with Crippen LogP contribution in [0, 0.1) is 0 Å². The topological polar surface area (TPSA) is 57.6 Å². The smallest absolute Gasteiger partial charge is 0.326 e. The van der Waals surface area contributed by atoms with E-state index in [9.17, 15) is 14.7 Å². The summed E-state index contributed by atoms with van der Waals surface area (Å²) < 4.78 is 0. The molecule has 106 valence electrons. The molecule has 0 aliphatic carbocycles. The number of thioether (sulfide) groups is 1. The van der Waals surface area contributed by atoms with Crippen molar-refractivity contribution in [3.05, 3.63) is 48.6 Å². The molecule has 5 heteroatoms. The van der Waals surface area contributed by atoms with Crippen LogP contribution >= 0.6 is 11.8 Å². The number of aliphatic carboxylic acids is 1. The second-order valence-electron chi connectivity index (χ2n) is 4.63. The SMILES string of the molecule is C=CCC(C(=O)O)N1C(=O)CC1SCc1ccccc1. The molecule has 2 atom stereocenters. The summed E-state index contributed by atoms with van der Waals surface area (Å²) >= 11 is 1.61. The van der Waals surface area contributed by atoms with Crippen LogP contribution in [0.3, 0.4) is 0 Å². The summed E-state index contributed by atoms with van der Waals surface area (Å²) in [6.07, 6.45) is 2.24. The Morgan fingerprint density at radius 2 is 2.20 bits per heavy atom. The lowest BCUT2D eigenvalue weighted by molar-refractivity contribution is -0.157. The molecule has 1 aromatic rings. The highest BCUT2D eigenvalue weighted by atomic mass is 32.2. The molecule has 0 spiro atoms. The van der Waals surface area contributed by atoms with Gasteiger partial charge in [0.15, 0.2) is 0 Å². The van der Waals surface area contributed by atoms with Crippen molar-refractivity contribution in [2.24, 2.45) is 0 Å². The van der Waals surface area contributed by atoms with Gasteiger partial charge in [0.05, 0.1) is 11.8 Å². The highest BCUT2D eigenvalue weighted by molar-refractivity contribution is 7.99. The Hall–Kier alpha value is -1.75. The number of likely N-dealkylation sites (tertiary alicyclic amines) is 1. The number of carbonyl (C=O) groups excluding carboxylic acids is 1. The summed E-state index contributed by atoms with van der Waals surface area (Å²) in [5.41, 5.74) is 1.17. The minimum absolute atomic E-state index is 0.0521. The highest BCUT2D eigenvalue weighted by Crippen LogP contribution is 2.34. The minimum atomic E-state index is -0.969. The van der Waals surface area contributed by atoms with Crippen molar-refractivity contribution in [1.82, 2.24) is 4.90 Å². The zero-order valence-corrected chi connectivity index (χ0v) is 11.9. The monoisotopic (exact) mass is 291 g/mol. The molecule has 4 nitrogen and oxygen atoms in total. The van der Waals surface area contributed by atoms with E-state index in [0.717, 1.165) is 5.75 Å². The maximum Gasteiger partial charge on any atom is 0.326 e. The Balaban J connectivity index is 1.96. The summed E-state index contributed by atoms with van der Waals surface area (Å²) in [4.78, 5) is 24.4. The van der Waals surface area contributed by atoms with E-state index in [2.05, 4.69) is 6.58 Å². The number of β-lactam (4-membered cyclic amide) rings is 1. The molecule has 0 radical (unpaired) electrons. The molecule has 1 aromatic carbocycles. The van der Waals surface area contributed by atoms with Gasteiger partial charge in [-0.1, -0.05) is 36.4 Å². The van der Waals surface area contributed by atoms with Gasteiger partial charge in [-0.3, -0.25) is 4.79 Å². The van der Waals surface area contributed by atoms with Crippen LogP contribution in [0.15, 0.2) is 43.0 Å². The number of benzene rings is 1. The van der Waals surface area contributed by atoms with Crippen LogP contribution < -0.4 is 0 Å². The quantitative estimate of drug-likeness (QED) is 0.619. The first-order valence-corrected chi connectivity index (χ1v) is 7.48. The fraction of sp³-hybridized carbons (Fsp3) is 0.333. The zero-order chi connectivity index (χ0) is 14.5. The fourth-order valence-electron chi connectivity index (χ4n) is 2.17. The Kier molecular flexibility index (Phi) is 4.84. The average molecular weight is 291 g/mol. The first kappa shape index (κ1) is 14.7. The second-order valence-corrected chi connectivity index (χ2v) is 5.80. The number of rotatable bonds is 7. The lowest BCUT2D eigenvalue weighted by atomic mass is 10.1. The normalized spacial score (nSPS) is 19.3. The molecule has 1 saturated heterocycles. The van der Waals surface area contributed by atoms with Crippen molar-refractivity contribution >= 4 is 23.6 Å². The third-order valence-electron chi connectivity index (χ3n) is 3.24. The van der Waals surface area contributed by atoms with Crippen molar-refractivity contribution in [3.8, 4) is 0 Å². The Labute approximate surface area is 122 Å². The van der Waals surface area contributed by atoms with E-state index in [0.29, 0.717) is 6.42 Å². The number of carboxylic acid groups (broad SMARTS) is 1. The van der Waals surface area contributed by atoms with Crippen LogP contribution in [0.5, 0.6) is 0 Å². The van der Waals surface area contributed by atoms with Crippen molar-refractivity contribution in [3.63, 3.8) is 0 Å². The number of hydrogen-bond acceptors (Lipinski definition) is 3. The van der Waals surface area contributed by atoms with Crippen LogP contribution in [-0.4, -0.2) is 33.3 Å².